The van der Waals surface area contributed by atoms with Crippen LogP contribution in [0.4, 0.5) is 0 Å². The van der Waals surface area contributed by atoms with E-state index in [2.05, 4.69) is 27.5 Å². The molecule has 0 radical (unpaired) electrons. The Morgan fingerprint density at radius 3 is 2.91 bits per heavy atom. The molecule has 0 fully saturated rings. The van der Waals surface area contributed by atoms with E-state index in [1.54, 1.807) is 0 Å². The molecule has 0 saturated carbocycles. The van der Waals surface area contributed by atoms with Crippen molar-refractivity contribution in [2.24, 2.45) is 7.05 Å². The molecule has 0 saturated heterocycles. The van der Waals surface area contributed by atoms with Crippen molar-refractivity contribution in [1.29, 1.82) is 0 Å². The van der Waals surface area contributed by atoms with E-state index in [4.69, 9.17) is 0 Å². The minimum atomic E-state index is 0.0908. The summed E-state index contributed by atoms with van der Waals surface area (Å²) in [6, 6.07) is 8.26. The second-order valence-corrected chi connectivity index (χ2v) is 5.87. The lowest BCUT2D eigenvalue weighted by Gasteiger charge is -2.05. The van der Waals surface area contributed by atoms with Gasteiger partial charge in [0.15, 0.2) is 0 Å². The van der Waals surface area contributed by atoms with Crippen LogP contribution in [-0.4, -0.2) is 20.7 Å². The fourth-order valence-electron chi connectivity index (χ4n) is 2.78. The Kier molecular flexibility index (Phi) is 4.46. The number of carbonyl (C=O) groups excluding carboxylic acids is 1. The fraction of sp³-hybridized carbons (Fsp3) is 0.333. The summed E-state index contributed by atoms with van der Waals surface area (Å²) in [5.74, 6) is 0.0908. The molecule has 0 atom stereocenters. The van der Waals surface area contributed by atoms with E-state index in [9.17, 15) is 4.79 Å². The van der Waals surface area contributed by atoms with E-state index < -0.39 is 0 Å². The lowest BCUT2D eigenvalue weighted by atomic mass is 10.1. The van der Waals surface area contributed by atoms with Gasteiger partial charge in [0.25, 0.3) is 0 Å². The summed E-state index contributed by atoms with van der Waals surface area (Å²) < 4.78 is 1.82. The molecule has 0 spiro atoms. The van der Waals surface area contributed by atoms with Gasteiger partial charge in [-0.05, 0) is 31.4 Å². The summed E-state index contributed by atoms with van der Waals surface area (Å²) in [6.45, 7) is 2.55. The van der Waals surface area contributed by atoms with Gasteiger partial charge in [0.05, 0.1) is 6.20 Å². The Morgan fingerprint density at radius 2 is 2.13 bits per heavy atom. The molecule has 0 aliphatic carbocycles. The van der Waals surface area contributed by atoms with Crippen molar-refractivity contribution >= 4 is 16.8 Å². The van der Waals surface area contributed by atoms with Crippen LogP contribution >= 0.6 is 0 Å². The molecule has 0 unspecified atom stereocenters. The fourth-order valence-corrected chi connectivity index (χ4v) is 2.78. The molecule has 120 valence electrons. The average molecular weight is 310 g/mol. The number of aromatic nitrogens is 3. The van der Waals surface area contributed by atoms with Crippen LogP contribution in [0.5, 0.6) is 0 Å². The first-order chi connectivity index (χ1) is 11.1. The van der Waals surface area contributed by atoms with Gasteiger partial charge in [0.1, 0.15) is 0 Å². The standard InChI is InChI=1S/C18H22N4O/c1-13-15(12-21-22(13)2)11-20-18(23)9-5-6-14-10-19-17-8-4-3-7-16(14)17/h3-4,7-8,10,12,19H,5-6,9,11H2,1-2H3,(H,20,23). The number of nitrogens with zero attached hydrogens (tertiary/aromatic N) is 2. The highest BCUT2D eigenvalue weighted by Crippen LogP contribution is 2.19. The van der Waals surface area contributed by atoms with Gasteiger partial charge in [0, 0.05) is 48.4 Å². The van der Waals surface area contributed by atoms with Crippen molar-refractivity contribution in [3.05, 3.63) is 53.5 Å². The van der Waals surface area contributed by atoms with Crippen LogP contribution in [0.25, 0.3) is 10.9 Å². The van der Waals surface area contributed by atoms with Crippen molar-refractivity contribution in [3.63, 3.8) is 0 Å². The maximum atomic E-state index is 12.0. The number of hydrogen-bond donors (Lipinski definition) is 2. The first kappa shape index (κ1) is 15.3. The molecule has 5 heteroatoms. The SMILES string of the molecule is Cc1c(CNC(=O)CCCc2c[nH]c3ccccc23)cnn1C. The molecule has 0 bridgehead atoms. The maximum absolute atomic E-state index is 12.0. The number of amides is 1. The lowest BCUT2D eigenvalue weighted by molar-refractivity contribution is -0.121. The number of rotatable bonds is 6. The van der Waals surface area contributed by atoms with Crippen LogP contribution in [-0.2, 0) is 24.8 Å². The van der Waals surface area contributed by atoms with Crippen molar-refractivity contribution in [2.75, 3.05) is 0 Å². The van der Waals surface area contributed by atoms with E-state index in [1.807, 2.05) is 43.2 Å². The minimum absolute atomic E-state index is 0.0908. The molecule has 2 heterocycles. The third-order valence-electron chi connectivity index (χ3n) is 4.34. The van der Waals surface area contributed by atoms with E-state index in [-0.39, 0.29) is 5.91 Å². The van der Waals surface area contributed by atoms with Gasteiger partial charge < -0.3 is 10.3 Å². The highest BCUT2D eigenvalue weighted by molar-refractivity contribution is 5.83. The Hall–Kier alpha value is -2.56. The highest BCUT2D eigenvalue weighted by atomic mass is 16.1. The Bertz CT molecular complexity index is 815. The van der Waals surface area contributed by atoms with E-state index >= 15 is 0 Å². The lowest BCUT2D eigenvalue weighted by Crippen LogP contribution is -2.22. The summed E-state index contributed by atoms with van der Waals surface area (Å²) in [6.07, 6.45) is 6.14. The monoisotopic (exact) mass is 310 g/mol. The zero-order chi connectivity index (χ0) is 16.2. The zero-order valence-corrected chi connectivity index (χ0v) is 13.6. The van der Waals surface area contributed by atoms with Gasteiger partial charge in [-0.1, -0.05) is 18.2 Å². The molecule has 2 N–H and O–H groups in total. The number of H-pyrrole nitrogens is 1. The van der Waals surface area contributed by atoms with Crippen LogP contribution < -0.4 is 5.32 Å². The van der Waals surface area contributed by atoms with Crippen molar-refractivity contribution in [2.45, 2.75) is 32.7 Å². The summed E-state index contributed by atoms with van der Waals surface area (Å²) in [7, 11) is 1.90. The molecule has 1 amide bonds. The quantitative estimate of drug-likeness (QED) is 0.735. The van der Waals surface area contributed by atoms with Gasteiger partial charge in [0.2, 0.25) is 5.91 Å². The number of carbonyl (C=O) groups is 1. The third-order valence-corrected chi connectivity index (χ3v) is 4.34. The van der Waals surface area contributed by atoms with Crippen molar-refractivity contribution < 1.29 is 4.79 Å². The second-order valence-electron chi connectivity index (χ2n) is 5.87. The van der Waals surface area contributed by atoms with Gasteiger partial charge in [-0.15, -0.1) is 0 Å². The highest BCUT2D eigenvalue weighted by Gasteiger charge is 2.07. The topological polar surface area (TPSA) is 62.7 Å². The second kappa shape index (κ2) is 6.69. The number of nitrogens with one attached hydrogen (secondary N) is 2. The number of fused-ring (bicyclic) bond motifs is 1. The molecule has 0 aliphatic heterocycles. The van der Waals surface area contributed by atoms with E-state index in [1.165, 1.54) is 10.9 Å². The number of aromatic amines is 1. The first-order valence-corrected chi connectivity index (χ1v) is 7.94. The average Bonchev–Trinajstić information content (AvgIpc) is 3.11. The molecule has 2 aromatic heterocycles. The van der Waals surface area contributed by atoms with Crippen LogP contribution in [0.2, 0.25) is 0 Å². The smallest absolute Gasteiger partial charge is 0.220 e. The van der Waals surface area contributed by atoms with Gasteiger partial charge in [-0.2, -0.15) is 5.10 Å². The van der Waals surface area contributed by atoms with Gasteiger partial charge >= 0.3 is 0 Å². The maximum Gasteiger partial charge on any atom is 0.220 e. The molecule has 5 nitrogen and oxygen atoms in total. The summed E-state index contributed by atoms with van der Waals surface area (Å²) in [5, 5.41) is 8.40. The molecule has 3 rings (SSSR count). The summed E-state index contributed by atoms with van der Waals surface area (Å²) in [4.78, 5) is 15.3. The van der Waals surface area contributed by atoms with E-state index in [0.717, 1.165) is 29.6 Å². The molecular weight excluding hydrogens is 288 g/mol. The molecule has 3 aromatic rings. The number of benzene rings is 1. The third kappa shape index (κ3) is 3.44. The number of para-hydroxylation sites is 1. The first-order valence-electron chi connectivity index (χ1n) is 7.94. The summed E-state index contributed by atoms with van der Waals surface area (Å²) >= 11 is 0. The number of aryl methyl sites for hydroxylation is 2. The summed E-state index contributed by atoms with van der Waals surface area (Å²) in [5.41, 5.74) is 4.58. The normalized spacial score (nSPS) is 11.0. The van der Waals surface area contributed by atoms with Crippen LogP contribution in [0.15, 0.2) is 36.7 Å². The molecule has 1 aromatic carbocycles. The Balaban J connectivity index is 1.47. The van der Waals surface area contributed by atoms with Crippen LogP contribution in [0.3, 0.4) is 0 Å². The van der Waals surface area contributed by atoms with Gasteiger partial charge in [-0.3, -0.25) is 9.48 Å². The van der Waals surface area contributed by atoms with Crippen LogP contribution in [0.1, 0.15) is 29.7 Å². The predicted octanol–water partition coefficient (Wildman–Crippen LogP) is 2.85. The van der Waals surface area contributed by atoms with Crippen molar-refractivity contribution in [1.82, 2.24) is 20.1 Å². The predicted molar refractivity (Wildman–Crippen MR) is 91.0 cm³/mol. The van der Waals surface area contributed by atoms with Crippen LogP contribution in [0, 0.1) is 6.92 Å². The largest absolute Gasteiger partial charge is 0.361 e. The van der Waals surface area contributed by atoms with Gasteiger partial charge in [-0.25, -0.2) is 0 Å². The molecular formula is C18H22N4O. The zero-order valence-electron chi connectivity index (χ0n) is 13.6. The molecule has 0 aliphatic rings. The number of hydrogen-bond acceptors (Lipinski definition) is 2. The van der Waals surface area contributed by atoms with E-state index in [0.29, 0.717) is 13.0 Å². The van der Waals surface area contributed by atoms with Crippen molar-refractivity contribution in [3.8, 4) is 0 Å². The Labute approximate surface area is 135 Å². The minimum Gasteiger partial charge on any atom is -0.361 e. The molecule has 23 heavy (non-hydrogen) atoms. The Morgan fingerprint density at radius 1 is 1.30 bits per heavy atom.